The molecule has 1 aliphatic rings. The van der Waals surface area contributed by atoms with Crippen molar-refractivity contribution in [3.63, 3.8) is 0 Å². The lowest BCUT2D eigenvalue weighted by Gasteiger charge is -2.36. The standard InChI is InChI=1S/C17H27N3.C11H16N2/c1-12-5-4-6-15(8-12)17(18)11-20(19)16-9-13(2)7-14(3)10-16;1-9(2)8-12-13-11-6-4-10(3)5-7-11/h4-6,8,11,13-14,16H,7,9-10,18-19H2,1-3H3;4-8,12-13H,1-3H3/b17-11-;. The van der Waals surface area contributed by atoms with Crippen molar-refractivity contribution in [3.8, 4) is 0 Å². The number of allylic oxidation sites excluding steroid dienone is 1. The van der Waals surface area contributed by atoms with Gasteiger partial charge in [-0.25, -0.2) is 5.84 Å². The number of benzene rings is 2. The predicted molar refractivity (Wildman–Crippen MR) is 143 cm³/mol. The summed E-state index contributed by atoms with van der Waals surface area (Å²) in [6.45, 7) is 12.9. The fourth-order valence-corrected chi connectivity index (χ4v) is 4.21. The lowest BCUT2D eigenvalue weighted by Crippen LogP contribution is -2.41. The zero-order valence-electron chi connectivity index (χ0n) is 21.2. The maximum absolute atomic E-state index is 6.23. The van der Waals surface area contributed by atoms with Gasteiger partial charge < -0.3 is 21.6 Å². The van der Waals surface area contributed by atoms with Crippen LogP contribution in [0.25, 0.3) is 5.70 Å². The van der Waals surface area contributed by atoms with Crippen molar-refractivity contribution < 1.29 is 0 Å². The molecular weight excluding hydrogens is 406 g/mol. The Labute approximate surface area is 200 Å². The average Bonchev–Trinajstić information content (AvgIpc) is 2.74. The zero-order chi connectivity index (χ0) is 24.4. The molecule has 180 valence electrons. The highest BCUT2D eigenvalue weighted by Crippen LogP contribution is 2.31. The number of nitrogens with zero attached hydrogens (tertiary/aromatic N) is 1. The Hall–Kier alpha value is -2.92. The van der Waals surface area contributed by atoms with Crippen LogP contribution in [0.5, 0.6) is 0 Å². The van der Waals surface area contributed by atoms with Gasteiger partial charge >= 0.3 is 0 Å². The van der Waals surface area contributed by atoms with Gasteiger partial charge in [0.1, 0.15) is 0 Å². The molecule has 2 atom stereocenters. The van der Waals surface area contributed by atoms with Crippen LogP contribution in [0.1, 0.15) is 63.6 Å². The van der Waals surface area contributed by atoms with Gasteiger partial charge in [0.25, 0.3) is 0 Å². The highest BCUT2D eigenvalue weighted by Gasteiger charge is 2.26. The molecule has 0 aliphatic heterocycles. The van der Waals surface area contributed by atoms with Gasteiger partial charge in [0.15, 0.2) is 0 Å². The molecule has 0 aromatic heterocycles. The molecule has 0 bridgehead atoms. The molecular formula is C28H43N5. The zero-order valence-corrected chi connectivity index (χ0v) is 21.2. The first kappa shape index (κ1) is 26.3. The molecule has 1 fully saturated rings. The van der Waals surface area contributed by atoms with Gasteiger partial charge in [-0.2, -0.15) is 0 Å². The third-order valence-electron chi connectivity index (χ3n) is 5.84. The summed E-state index contributed by atoms with van der Waals surface area (Å²) in [7, 11) is 0. The van der Waals surface area contributed by atoms with Gasteiger partial charge in [-0.05, 0) is 82.6 Å². The molecule has 33 heavy (non-hydrogen) atoms. The largest absolute Gasteiger partial charge is 0.397 e. The van der Waals surface area contributed by atoms with Crippen LogP contribution in [0.4, 0.5) is 5.69 Å². The van der Waals surface area contributed by atoms with Crippen molar-refractivity contribution in [2.75, 3.05) is 5.43 Å². The van der Waals surface area contributed by atoms with E-state index >= 15 is 0 Å². The molecule has 2 aromatic rings. The molecule has 2 aromatic carbocycles. The third-order valence-corrected chi connectivity index (χ3v) is 5.84. The number of aryl methyl sites for hydroxylation is 2. The van der Waals surface area contributed by atoms with E-state index in [9.17, 15) is 0 Å². The van der Waals surface area contributed by atoms with Crippen molar-refractivity contribution in [2.24, 2.45) is 23.4 Å². The second-order valence-corrected chi connectivity index (χ2v) is 9.83. The number of anilines is 1. The van der Waals surface area contributed by atoms with Crippen molar-refractivity contribution in [1.29, 1.82) is 0 Å². The van der Waals surface area contributed by atoms with E-state index in [1.165, 1.54) is 23.1 Å². The number of hydrazine groups is 2. The minimum atomic E-state index is 0.400. The molecule has 1 saturated carbocycles. The van der Waals surface area contributed by atoms with Crippen molar-refractivity contribution in [1.82, 2.24) is 10.4 Å². The van der Waals surface area contributed by atoms with Gasteiger partial charge in [0, 0.05) is 18.4 Å². The molecule has 5 heteroatoms. The summed E-state index contributed by atoms with van der Waals surface area (Å²) in [6.07, 6.45) is 7.43. The number of nitrogens with two attached hydrogens (primary N) is 2. The van der Waals surface area contributed by atoms with E-state index in [1.807, 2.05) is 55.5 Å². The lowest BCUT2D eigenvalue weighted by atomic mass is 9.80. The smallest absolute Gasteiger partial charge is 0.0564 e. The van der Waals surface area contributed by atoms with Crippen LogP contribution in [0.3, 0.4) is 0 Å². The maximum atomic E-state index is 6.23. The van der Waals surface area contributed by atoms with Crippen LogP contribution in [0, 0.1) is 25.7 Å². The first-order chi connectivity index (χ1) is 15.6. The van der Waals surface area contributed by atoms with Crippen LogP contribution in [0.2, 0.25) is 0 Å². The highest BCUT2D eigenvalue weighted by molar-refractivity contribution is 5.62. The molecule has 3 rings (SSSR count). The Morgan fingerprint density at radius 1 is 0.939 bits per heavy atom. The molecule has 1 aliphatic carbocycles. The summed E-state index contributed by atoms with van der Waals surface area (Å²) in [5.41, 5.74) is 18.8. The lowest BCUT2D eigenvalue weighted by molar-refractivity contribution is 0.152. The van der Waals surface area contributed by atoms with Crippen molar-refractivity contribution >= 4 is 11.4 Å². The van der Waals surface area contributed by atoms with Gasteiger partial charge in [-0.1, -0.05) is 60.9 Å². The highest BCUT2D eigenvalue weighted by atomic mass is 15.4. The Balaban J connectivity index is 0.000000257. The summed E-state index contributed by atoms with van der Waals surface area (Å²) in [4.78, 5) is 0. The van der Waals surface area contributed by atoms with Crippen molar-refractivity contribution in [3.05, 3.63) is 83.2 Å². The van der Waals surface area contributed by atoms with Gasteiger partial charge in [-0.15, -0.1) is 0 Å². The van der Waals surface area contributed by atoms with E-state index in [2.05, 4.69) is 62.8 Å². The second kappa shape index (κ2) is 12.9. The molecule has 0 amide bonds. The monoisotopic (exact) mass is 449 g/mol. The summed E-state index contributed by atoms with van der Waals surface area (Å²) in [5, 5.41) is 1.82. The summed E-state index contributed by atoms with van der Waals surface area (Å²) in [6, 6.07) is 16.8. The van der Waals surface area contributed by atoms with Crippen LogP contribution in [-0.4, -0.2) is 11.1 Å². The number of hydrogen-bond acceptors (Lipinski definition) is 5. The molecule has 0 spiro atoms. The topological polar surface area (TPSA) is 79.3 Å². The van der Waals surface area contributed by atoms with E-state index in [4.69, 9.17) is 11.6 Å². The normalized spacial score (nSPS) is 20.2. The van der Waals surface area contributed by atoms with Gasteiger partial charge in [0.2, 0.25) is 0 Å². The number of nitrogens with one attached hydrogen (secondary N) is 2. The third kappa shape index (κ3) is 9.62. The number of rotatable bonds is 6. The van der Waals surface area contributed by atoms with E-state index in [-0.39, 0.29) is 0 Å². The molecule has 0 radical (unpaired) electrons. The fourth-order valence-electron chi connectivity index (χ4n) is 4.21. The van der Waals surface area contributed by atoms with Crippen molar-refractivity contribution in [2.45, 2.75) is 66.8 Å². The van der Waals surface area contributed by atoms with Crippen LogP contribution in [0.15, 0.2) is 66.5 Å². The van der Waals surface area contributed by atoms with E-state index in [0.29, 0.717) is 6.04 Å². The second-order valence-electron chi connectivity index (χ2n) is 9.83. The molecule has 0 heterocycles. The number of hydrogen-bond donors (Lipinski definition) is 4. The first-order valence-electron chi connectivity index (χ1n) is 11.9. The Bertz CT molecular complexity index is 902. The Morgan fingerprint density at radius 3 is 2.15 bits per heavy atom. The average molecular weight is 450 g/mol. The van der Waals surface area contributed by atoms with Gasteiger partial charge in [-0.3, -0.25) is 0 Å². The van der Waals surface area contributed by atoms with Crippen LogP contribution >= 0.6 is 0 Å². The minimum absolute atomic E-state index is 0.400. The van der Waals surface area contributed by atoms with Gasteiger partial charge in [0.05, 0.1) is 11.4 Å². The predicted octanol–water partition coefficient (Wildman–Crippen LogP) is 6.09. The molecule has 0 saturated heterocycles. The Kier molecular flexibility index (Phi) is 10.3. The summed E-state index contributed by atoms with van der Waals surface area (Å²) < 4.78 is 0. The molecule has 5 nitrogen and oxygen atoms in total. The summed E-state index contributed by atoms with van der Waals surface area (Å²) in [5.74, 6) is 7.70. The van der Waals surface area contributed by atoms with E-state index in [0.717, 1.165) is 41.6 Å². The maximum Gasteiger partial charge on any atom is 0.0564 e. The minimum Gasteiger partial charge on any atom is -0.397 e. The van der Waals surface area contributed by atoms with E-state index < -0.39 is 0 Å². The van der Waals surface area contributed by atoms with Crippen LogP contribution < -0.4 is 22.4 Å². The Morgan fingerprint density at radius 2 is 1.58 bits per heavy atom. The molecule has 6 N–H and O–H groups in total. The SMILES string of the molecule is CC(C)=CNNc1ccc(C)cc1.Cc1cccc(/C(N)=C/N(N)C2CC(C)CC(C)C2)c1. The van der Waals surface area contributed by atoms with E-state index in [1.54, 1.807) is 0 Å². The fraction of sp³-hybridized carbons (Fsp3) is 0.429. The summed E-state index contributed by atoms with van der Waals surface area (Å²) >= 11 is 0. The first-order valence-corrected chi connectivity index (χ1v) is 11.9. The van der Waals surface area contributed by atoms with Crippen LogP contribution in [-0.2, 0) is 0 Å². The molecule has 2 unspecified atom stereocenters. The quantitative estimate of drug-likeness (QED) is 0.317.